The number of rotatable bonds is 6. The minimum absolute atomic E-state index is 0.0687. The lowest BCUT2D eigenvalue weighted by Gasteiger charge is -2.06. The van der Waals surface area contributed by atoms with Gasteiger partial charge in [0.05, 0.1) is 6.61 Å². The Morgan fingerprint density at radius 1 is 1.60 bits per heavy atom. The second-order valence-corrected chi connectivity index (χ2v) is 2.86. The van der Waals surface area contributed by atoms with Gasteiger partial charge in [-0.15, -0.1) is 0 Å². The minimum Gasteiger partial charge on any atom is -0.477 e. The Morgan fingerprint density at radius 3 is 2.93 bits per heavy atom. The number of carboxylic acid groups (broad SMARTS) is 1. The summed E-state index contributed by atoms with van der Waals surface area (Å²) >= 11 is 0. The van der Waals surface area contributed by atoms with E-state index in [-0.39, 0.29) is 18.8 Å². The molecule has 1 rings (SSSR count). The molecule has 0 spiro atoms. The Labute approximate surface area is 85.1 Å². The molecule has 0 saturated carbocycles. The van der Waals surface area contributed by atoms with Gasteiger partial charge in [0.15, 0.2) is 0 Å². The summed E-state index contributed by atoms with van der Waals surface area (Å²) in [6, 6.07) is 3.02. The van der Waals surface area contributed by atoms with Crippen LogP contribution in [0.4, 0.5) is 8.78 Å². The monoisotopic (exact) mass is 219 g/mol. The number of aromatic carboxylic acids is 1. The maximum Gasteiger partial charge on any atom is 0.352 e. The zero-order valence-corrected chi connectivity index (χ0v) is 7.90. The van der Waals surface area contributed by atoms with Crippen LogP contribution in [0.15, 0.2) is 18.3 Å². The first-order valence-electron chi connectivity index (χ1n) is 4.35. The molecule has 1 aromatic rings. The summed E-state index contributed by atoms with van der Waals surface area (Å²) in [6.45, 7) is -0.301. The fraction of sp³-hybridized carbons (Fsp3) is 0.444. The van der Waals surface area contributed by atoms with Crippen LogP contribution in [0.3, 0.4) is 0 Å². The van der Waals surface area contributed by atoms with Gasteiger partial charge in [-0.3, -0.25) is 0 Å². The van der Waals surface area contributed by atoms with E-state index in [9.17, 15) is 13.6 Å². The zero-order valence-electron chi connectivity index (χ0n) is 7.90. The highest BCUT2D eigenvalue weighted by atomic mass is 19.3. The molecule has 0 aliphatic heterocycles. The zero-order chi connectivity index (χ0) is 11.3. The number of carboxylic acids is 1. The molecular formula is C9H11F2NO3. The quantitative estimate of drug-likeness (QED) is 0.737. The van der Waals surface area contributed by atoms with E-state index in [2.05, 4.69) is 4.74 Å². The molecule has 0 amide bonds. The Balaban J connectivity index is 2.37. The molecule has 0 saturated heterocycles. The summed E-state index contributed by atoms with van der Waals surface area (Å²) < 4.78 is 29.4. The highest BCUT2D eigenvalue weighted by molar-refractivity contribution is 5.85. The molecule has 0 fully saturated rings. The van der Waals surface area contributed by atoms with Gasteiger partial charge in [0, 0.05) is 12.7 Å². The molecule has 6 heteroatoms. The lowest BCUT2D eigenvalue weighted by molar-refractivity contribution is 0.0144. The summed E-state index contributed by atoms with van der Waals surface area (Å²) in [5, 5.41) is 8.72. The molecule has 1 N–H and O–H groups in total. The average molecular weight is 219 g/mol. The predicted octanol–water partition coefficient (Wildman–Crippen LogP) is 1.47. The maximum atomic E-state index is 11.7. The topological polar surface area (TPSA) is 51.5 Å². The smallest absolute Gasteiger partial charge is 0.352 e. The van der Waals surface area contributed by atoms with Gasteiger partial charge in [0.25, 0.3) is 6.43 Å². The molecule has 0 unspecified atom stereocenters. The summed E-state index contributed by atoms with van der Waals surface area (Å²) in [5.41, 5.74) is 0.121. The second-order valence-electron chi connectivity index (χ2n) is 2.86. The third-order valence-corrected chi connectivity index (χ3v) is 1.77. The van der Waals surface area contributed by atoms with Crippen LogP contribution in [0.2, 0.25) is 0 Å². The van der Waals surface area contributed by atoms with E-state index >= 15 is 0 Å². The second kappa shape index (κ2) is 5.45. The average Bonchev–Trinajstić information content (AvgIpc) is 2.60. The van der Waals surface area contributed by atoms with E-state index in [1.165, 1.54) is 10.6 Å². The third kappa shape index (κ3) is 3.67. The van der Waals surface area contributed by atoms with Crippen molar-refractivity contribution >= 4 is 5.97 Å². The Morgan fingerprint density at radius 2 is 2.33 bits per heavy atom. The number of nitrogens with zero attached hydrogens (tertiary/aromatic N) is 1. The number of hydrogen-bond donors (Lipinski definition) is 1. The molecule has 1 aromatic heterocycles. The number of hydrogen-bond acceptors (Lipinski definition) is 2. The molecule has 15 heavy (non-hydrogen) atoms. The van der Waals surface area contributed by atoms with E-state index in [1.54, 1.807) is 12.3 Å². The molecule has 0 bridgehead atoms. The first-order valence-corrected chi connectivity index (χ1v) is 4.35. The fourth-order valence-electron chi connectivity index (χ4n) is 1.14. The Bertz CT molecular complexity index is 325. The van der Waals surface area contributed by atoms with Crippen molar-refractivity contribution < 1.29 is 23.4 Å². The standard InChI is InChI=1S/C9H11F2NO3/c10-8(11)6-15-5-4-12-3-1-2-7(12)9(13)14/h1-3,8H,4-6H2,(H,13,14). The minimum atomic E-state index is -2.49. The molecule has 0 atom stereocenters. The summed E-state index contributed by atoms with van der Waals surface area (Å²) in [4.78, 5) is 10.6. The van der Waals surface area contributed by atoms with Gasteiger partial charge in [0.2, 0.25) is 0 Å². The highest BCUT2D eigenvalue weighted by Crippen LogP contribution is 2.02. The van der Waals surface area contributed by atoms with Crippen LogP contribution in [0.5, 0.6) is 0 Å². The van der Waals surface area contributed by atoms with Crippen molar-refractivity contribution in [1.29, 1.82) is 0 Å². The number of alkyl halides is 2. The summed E-state index contributed by atoms with van der Waals surface area (Å²) in [7, 11) is 0. The largest absolute Gasteiger partial charge is 0.477 e. The Kier molecular flexibility index (Phi) is 4.23. The maximum absolute atomic E-state index is 11.7. The van der Waals surface area contributed by atoms with Gasteiger partial charge in [-0.25, -0.2) is 13.6 Å². The first-order chi connectivity index (χ1) is 7.11. The normalized spacial score (nSPS) is 10.9. The van der Waals surface area contributed by atoms with Crippen LogP contribution in [0.1, 0.15) is 10.5 Å². The van der Waals surface area contributed by atoms with Crippen LogP contribution >= 0.6 is 0 Å². The van der Waals surface area contributed by atoms with Gasteiger partial charge in [-0.05, 0) is 12.1 Å². The summed E-state index contributed by atoms with van der Waals surface area (Å²) in [5.74, 6) is -1.05. The van der Waals surface area contributed by atoms with Crippen LogP contribution in [0, 0.1) is 0 Å². The lowest BCUT2D eigenvalue weighted by Crippen LogP contribution is -2.13. The van der Waals surface area contributed by atoms with Gasteiger partial charge in [-0.1, -0.05) is 0 Å². The van der Waals surface area contributed by atoms with Gasteiger partial charge in [0.1, 0.15) is 12.3 Å². The summed E-state index contributed by atoms with van der Waals surface area (Å²) in [6.07, 6.45) is -0.927. The van der Waals surface area contributed by atoms with Crippen LogP contribution in [0.25, 0.3) is 0 Å². The van der Waals surface area contributed by atoms with Crippen molar-refractivity contribution in [3.63, 3.8) is 0 Å². The van der Waals surface area contributed by atoms with Crippen LogP contribution in [-0.2, 0) is 11.3 Å². The molecule has 0 aromatic carbocycles. The molecule has 0 aliphatic carbocycles. The number of ether oxygens (including phenoxy) is 1. The fourth-order valence-corrected chi connectivity index (χ4v) is 1.14. The van der Waals surface area contributed by atoms with Crippen LogP contribution < -0.4 is 0 Å². The van der Waals surface area contributed by atoms with E-state index in [1.807, 2.05) is 0 Å². The van der Waals surface area contributed by atoms with E-state index in [4.69, 9.17) is 5.11 Å². The van der Waals surface area contributed by atoms with Crippen molar-refractivity contribution in [3.05, 3.63) is 24.0 Å². The van der Waals surface area contributed by atoms with Crippen molar-refractivity contribution in [1.82, 2.24) is 4.57 Å². The molecule has 0 aliphatic rings. The molecule has 0 radical (unpaired) electrons. The van der Waals surface area contributed by atoms with Gasteiger partial charge < -0.3 is 14.4 Å². The van der Waals surface area contributed by atoms with E-state index < -0.39 is 19.0 Å². The number of halogens is 2. The molecule has 1 heterocycles. The molecule has 84 valence electrons. The lowest BCUT2D eigenvalue weighted by atomic mass is 10.4. The van der Waals surface area contributed by atoms with Gasteiger partial charge >= 0.3 is 5.97 Å². The van der Waals surface area contributed by atoms with Crippen molar-refractivity contribution in [2.75, 3.05) is 13.2 Å². The van der Waals surface area contributed by atoms with E-state index in [0.717, 1.165) is 0 Å². The molecular weight excluding hydrogens is 208 g/mol. The van der Waals surface area contributed by atoms with Crippen LogP contribution in [-0.4, -0.2) is 35.3 Å². The predicted molar refractivity (Wildman–Crippen MR) is 48.2 cm³/mol. The van der Waals surface area contributed by atoms with Gasteiger partial charge in [-0.2, -0.15) is 0 Å². The first kappa shape index (κ1) is 11.6. The van der Waals surface area contributed by atoms with Crippen molar-refractivity contribution in [2.45, 2.75) is 13.0 Å². The number of carbonyl (C=O) groups is 1. The SMILES string of the molecule is O=C(O)c1cccn1CCOCC(F)F. The third-order valence-electron chi connectivity index (χ3n) is 1.77. The Hall–Kier alpha value is -1.43. The number of aromatic nitrogens is 1. The van der Waals surface area contributed by atoms with E-state index in [0.29, 0.717) is 0 Å². The van der Waals surface area contributed by atoms with Crippen molar-refractivity contribution in [3.8, 4) is 0 Å². The highest BCUT2D eigenvalue weighted by Gasteiger charge is 2.08. The van der Waals surface area contributed by atoms with Crippen molar-refractivity contribution in [2.24, 2.45) is 0 Å². The molecule has 4 nitrogen and oxygen atoms in total.